The summed E-state index contributed by atoms with van der Waals surface area (Å²) in [7, 11) is 0. The van der Waals surface area contributed by atoms with Crippen molar-refractivity contribution in [2.45, 2.75) is 25.2 Å². The summed E-state index contributed by atoms with van der Waals surface area (Å²) in [6.45, 7) is 0.683. The molecule has 0 spiro atoms. The molecule has 0 aliphatic carbocycles. The van der Waals surface area contributed by atoms with E-state index in [1.165, 1.54) is 0 Å². The van der Waals surface area contributed by atoms with E-state index in [-0.39, 0.29) is 0 Å². The van der Waals surface area contributed by atoms with Gasteiger partial charge in [0.05, 0.1) is 5.56 Å². The second-order valence-corrected chi connectivity index (χ2v) is 3.48. The lowest BCUT2D eigenvalue weighted by atomic mass is 9.99. The van der Waals surface area contributed by atoms with Crippen molar-refractivity contribution in [2.75, 3.05) is 0 Å². The van der Waals surface area contributed by atoms with Crippen molar-refractivity contribution in [1.82, 2.24) is 0 Å². The minimum Gasteiger partial charge on any atom is -0.204 e. The molecule has 0 bridgehead atoms. The van der Waals surface area contributed by atoms with Crippen LogP contribution in [0.4, 0.5) is 35.1 Å². The molecule has 102 valence electrons. The van der Waals surface area contributed by atoms with Gasteiger partial charge in [-0.05, 0) is 6.07 Å². The Kier molecular flexibility index (Phi) is 3.60. The lowest BCUT2D eigenvalue weighted by Gasteiger charge is -2.26. The second kappa shape index (κ2) is 4.40. The Bertz CT molecular complexity index is 465. The molecule has 0 fully saturated rings. The quantitative estimate of drug-likeness (QED) is 0.437. The summed E-state index contributed by atoms with van der Waals surface area (Å²) in [5.74, 6) is -19.5. The van der Waals surface area contributed by atoms with Gasteiger partial charge in [0.15, 0.2) is 23.3 Å². The normalized spacial score (nSPS) is 12.9. The zero-order chi connectivity index (χ0) is 14.3. The highest BCUT2D eigenvalue weighted by molar-refractivity contribution is 5.27. The Morgan fingerprint density at radius 1 is 0.889 bits per heavy atom. The van der Waals surface area contributed by atoms with E-state index in [1.54, 1.807) is 0 Å². The predicted molar refractivity (Wildman–Crippen MR) is 45.4 cm³/mol. The van der Waals surface area contributed by atoms with Crippen LogP contribution in [0.5, 0.6) is 0 Å². The highest BCUT2D eigenvalue weighted by Crippen LogP contribution is 2.46. The summed E-state index contributed by atoms with van der Waals surface area (Å²) in [5.41, 5.74) is -2.22. The molecule has 0 saturated carbocycles. The van der Waals surface area contributed by atoms with E-state index in [9.17, 15) is 35.1 Å². The summed E-state index contributed by atoms with van der Waals surface area (Å²) >= 11 is 0. The first kappa shape index (κ1) is 14.7. The summed E-state index contributed by atoms with van der Waals surface area (Å²) in [4.78, 5) is 0. The summed E-state index contributed by atoms with van der Waals surface area (Å²) < 4.78 is 103. The smallest absolute Gasteiger partial charge is 0.204 e. The summed E-state index contributed by atoms with van der Waals surface area (Å²) in [6, 6.07) is -0.475. The van der Waals surface area contributed by atoms with Crippen molar-refractivity contribution in [1.29, 1.82) is 0 Å². The van der Waals surface area contributed by atoms with E-state index < -0.39 is 53.2 Å². The maximum absolute atomic E-state index is 13.2. The van der Waals surface area contributed by atoms with Crippen molar-refractivity contribution in [3.8, 4) is 0 Å². The van der Waals surface area contributed by atoms with Crippen molar-refractivity contribution in [3.63, 3.8) is 0 Å². The number of hydrogen-bond acceptors (Lipinski definition) is 0. The van der Waals surface area contributed by atoms with E-state index in [4.69, 9.17) is 0 Å². The zero-order valence-corrected chi connectivity index (χ0v) is 8.81. The van der Waals surface area contributed by atoms with Gasteiger partial charge in [-0.3, -0.25) is 0 Å². The van der Waals surface area contributed by atoms with Crippen LogP contribution in [0.1, 0.15) is 18.9 Å². The van der Waals surface area contributed by atoms with Gasteiger partial charge in [-0.1, -0.05) is 6.92 Å². The van der Waals surface area contributed by atoms with Crippen molar-refractivity contribution in [2.24, 2.45) is 0 Å². The topological polar surface area (TPSA) is 0 Å². The molecule has 0 nitrogen and oxygen atoms in total. The number of alkyl halides is 4. The van der Waals surface area contributed by atoms with Gasteiger partial charge in [0.25, 0.3) is 0 Å². The molecule has 0 aliphatic heterocycles. The third-order valence-corrected chi connectivity index (χ3v) is 2.34. The van der Waals surface area contributed by atoms with Crippen LogP contribution in [0.3, 0.4) is 0 Å². The van der Waals surface area contributed by atoms with Gasteiger partial charge in [0, 0.05) is 6.42 Å². The summed E-state index contributed by atoms with van der Waals surface area (Å²) in [6.07, 6.45) is -1.39. The second-order valence-electron chi connectivity index (χ2n) is 3.48. The van der Waals surface area contributed by atoms with Gasteiger partial charge < -0.3 is 0 Å². The minimum atomic E-state index is -5.15. The van der Waals surface area contributed by atoms with Gasteiger partial charge in [-0.25, -0.2) is 17.6 Å². The zero-order valence-electron chi connectivity index (χ0n) is 8.81. The molecule has 1 aromatic rings. The maximum atomic E-state index is 13.2. The van der Waals surface area contributed by atoms with E-state index in [0.717, 1.165) is 0 Å². The largest absolute Gasteiger partial charge is 0.338 e. The monoisotopic (exact) mass is 278 g/mol. The Hall–Kier alpha value is -1.34. The molecule has 0 amide bonds. The van der Waals surface area contributed by atoms with Crippen LogP contribution in [-0.2, 0) is 5.92 Å². The van der Waals surface area contributed by atoms with Crippen molar-refractivity contribution >= 4 is 0 Å². The van der Waals surface area contributed by atoms with Gasteiger partial charge in [-0.15, -0.1) is 0 Å². The van der Waals surface area contributed by atoms with E-state index in [1.807, 2.05) is 0 Å². The molecule has 1 aromatic carbocycles. The van der Waals surface area contributed by atoms with Crippen LogP contribution < -0.4 is 0 Å². The Labute approximate surface area is 96.2 Å². The first-order chi connectivity index (χ1) is 8.06. The fourth-order valence-electron chi connectivity index (χ4n) is 1.22. The number of halogens is 8. The molecule has 0 saturated heterocycles. The first-order valence-electron chi connectivity index (χ1n) is 4.65. The number of hydrogen-bond donors (Lipinski definition) is 0. The lowest BCUT2D eigenvalue weighted by molar-refractivity contribution is -0.218. The molecule has 0 radical (unpaired) electrons. The third-order valence-electron chi connectivity index (χ3n) is 2.34. The maximum Gasteiger partial charge on any atom is 0.338 e. The number of rotatable bonds is 3. The van der Waals surface area contributed by atoms with Crippen molar-refractivity contribution in [3.05, 3.63) is 34.9 Å². The Morgan fingerprint density at radius 3 is 1.83 bits per heavy atom. The first-order valence-corrected chi connectivity index (χ1v) is 4.65. The molecule has 8 heteroatoms. The number of benzene rings is 1. The van der Waals surface area contributed by atoms with Crippen LogP contribution in [0.2, 0.25) is 0 Å². The lowest BCUT2D eigenvalue weighted by Crippen LogP contribution is -2.38. The van der Waals surface area contributed by atoms with E-state index >= 15 is 0 Å². The molecular formula is C10H6F8. The molecule has 0 atom stereocenters. The average Bonchev–Trinajstić information content (AvgIpc) is 2.30. The average molecular weight is 278 g/mol. The van der Waals surface area contributed by atoms with Crippen LogP contribution in [0, 0.1) is 23.3 Å². The highest BCUT2D eigenvalue weighted by Gasteiger charge is 2.57. The molecule has 18 heavy (non-hydrogen) atoms. The highest BCUT2D eigenvalue weighted by atomic mass is 19.3. The van der Waals surface area contributed by atoms with Gasteiger partial charge in [0.1, 0.15) is 0 Å². The molecule has 0 aromatic heterocycles. The molecule has 0 aliphatic rings. The van der Waals surface area contributed by atoms with Gasteiger partial charge in [0.2, 0.25) is 0 Å². The predicted octanol–water partition coefficient (Wildman–Crippen LogP) is 4.38. The van der Waals surface area contributed by atoms with E-state index in [2.05, 4.69) is 0 Å². The molecule has 0 unspecified atom stereocenters. The SMILES string of the molecule is CCC(F)(F)C(F)(F)c1cc(F)c(F)c(F)c1F. The Balaban J connectivity index is 3.52. The van der Waals surface area contributed by atoms with Gasteiger partial charge in [-0.2, -0.15) is 17.6 Å². The molecule has 0 heterocycles. The minimum absolute atomic E-state index is 0.475. The molecular weight excluding hydrogens is 272 g/mol. The Morgan fingerprint density at radius 2 is 1.39 bits per heavy atom. The molecule has 0 N–H and O–H groups in total. The fourth-order valence-corrected chi connectivity index (χ4v) is 1.22. The van der Waals surface area contributed by atoms with Crippen LogP contribution in [0.25, 0.3) is 0 Å². The van der Waals surface area contributed by atoms with Crippen LogP contribution in [-0.4, -0.2) is 5.92 Å². The summed E-state index contributed by atoms with van der Waals surface area (Å²) in [5, 5.41) is 0. The van der Waals surface area contributed by atoms with Crippen LogP contribution in [0.15, 0.2) is 6.07 Å². The van der Waals surface area contributed by atoms with E-state index in [0.29, 0.717) is 6.92 Å². The fraction of sp³-hybridized carbons (Fsp3) is 0.400. The van der Waals surface area contributed by atoms with Crippen LogP contribution >= 0.6 is 0 Å². The molecule has 1 rings (SSSR count). The van der Waals surface area contributed by atoms with Crippen molar-refractivity contribution < 1.29 is 35.1 Å². The third kappa shape index (κ3) is 2.04. The van der Waals surface area contributed by atoms with Gasteiger partial charge >= 0.3 is 11.8 Å². The standard InChI is InChI=1S/C10H6F8/c1-2-9(15,16)10(17,18)4-3-5(11)7(13)8(14)6(4)12/h3H,2H2,1H3.